The molecule has 0 saturated heterocycles. The van der Waals surface area contributed by atoms with Crippen molar-refractivity contribution in [2.75, 3.05) is 7.11 Å². The number of carbonyl (C=O) groups excluding carboxylic acids is 1. The molecule has 0 unspecified atom stereocenters. The zero-order valence-electron chi connectivity index (χ0n) is 21.9. The molecule has 4 rings (SSSR count). The standard InChI is InChI=1S/C30H29NO6S2/c1-21-9-13-28(14-10-21)38(33,34)20-27-18-25-8-6-5-7-24(25)17-26(27)19-31(23(3)30(32)37-4)39(35,36)29-15-11-22(2)12-16-29/h5-18H,3,19-20H2,1-2,4H3. The minimum Gasteiger partial charge on any atom is -0.464 e. The van der Waals surface area contributed by atoms with Crippen LogP contribution in [0.3, 0.4) is 0 Å². The van der Waals surface area contributed by atoms with Gasteiger partial charge >= 0.3 is 5.97 Å². The van der Waals surface area contributed by atoms with E-state index in [1.54, 1.807) is 48.5 Å². The lowest BCUT2D eigenvalue weighted by atomic mass is 10.0. The highest BCUT2D eigenvalue weighted by Gasteiger charge is 2.31. The summed E-state index contributed by atoms with van der Waals surface area (Å²) in [5.41, 5.74) is 2.24. The van der Waals surface area contributed by atoms with Gasteiger partial charge in [0.05, 0.1) is 29.2 Å². The number of esters is 1. The van der Waals surface area contributed by atoms with Crippen molar-refractivity contribution in [2.24, 2.45) is 0 Å². The van der Waals surface area contributed by atoms with Crippen molar-refractivity contribution in [1.82, 2.24) is 4.31 Å². The molecule has 0 bridgehead atoms. The Morgan fingerprint density at radius 1 is 0.769 bits per heavy atom. The molecule has 202 valence electrons. The molecule has 0 aliphatic carbocycles. The van der Waals surface area contributed by atoms with E-state index in [9.17, 15) is 21.6 Å². The topological polar surface area (TPSA) is 97.8 Å². The number of methoxy groups -OCH3 is 1. The number of sulfone groups is 1. The Morgan fingerprint density at radius 3 is 1.77 bits per heavy atom. The molecule has 0 spiro atoms. The van der Waals surface area contributed by atoms with Crippen LogP contribution in [0.4, 0.5) is 0 Å². The van der Waals surface area contributed by atoms with E-state index in [1.165, 1.54) is 12.1 Å². The Balaban J connectivity index is 1.85. The van der Waals surface area contributed by atoms with E-state index in [0.29, 0.717) is 11.1 Å². The molecular weight excluding hydrogens is 534 g/mol. The summed E-state index contributed by atoms with van der Waals surface area (Å²) < 4.78 is 60.0. The van der Waals surface area contributed by atoms with Gasteiger partial charge in [-0.15, -0.1) is 0 Å². The number of fused-ring (bicyclic) bond motifs is 1. The van der Waals surface area contributed by atoms with Crippen molar-refractivity contribution >= 4 is 36.6 Å². The minimum absolute atomic E-state index is 0.0345. The van der Waals surface area contributed by atoms with Gasteiger partial charge in [-0.3, -0.25) is 4.31 Å². The first-order valence-electron chi connectivity index (χ1n) is 12.1. The number of aryl methyl sites for hydroxylation is 2. The highest BCUT2D eigenvalue weighted by atomic mass is 32.2. The smallest absolute Gasteiger partial charge is 0.354 e. The monoisotopic (exact) mass is 563 g/mol. The SMILES string of the molecule is C=C(C(=O)OC)N(Cc1cc2ccccc2cc1CS(=O)(=O)c1ccc(C)cc1)S(=O)(=O)c1ccc(C)cc1. The maximum absolute atomic E-state index is 13.8. The maximum Gasteiger partial charge on any atom is 0.354 e. The van der Waals surface area contributed by atoms with Crippen LogP contribution in [0.5, 0.6) is 0 Å². The lowest BCUT2D eigenvalue weighted by Crippen LogP contribution is -2.33. The van der Waals surface area contributed by atoms with Gasteiger partial charge in [0.1, 0.15) is 5.70 Å². The van der Waals surface area contributed by atoms with Gasteiger partial charge in [-0.25, -0.2) is 21.6 Å². The number of carbonyl (C=O) groups is 1. The fraction of sp³-hybridized carbons (Fsp3) is 0.167. The van der Waals surface area contributed by atoms with E-state index < -0.39 is 31.5 Å². The van der Waals surface area contributed by atoms with Crippen LogP contribution >= 0.6 is 0 Å². The Kier molecular flexibility index (Phi) is 7.94. The fourth-order valence-corrected chi connectivity index (χ4v) is 6.99. The molecule has 0 amide bonds. The fourth-order valence-electron chi connectivity index (χ4n) is 4.19. The van der Waals surface area contributed by atoms with E-state index in [0.717, 1.165) is 33.3 Å². The molecule has 7 nitrogen and oxygen atoms in total. The molecular formula is C30H29NO6S2. The first kappa shape index (κ1) is 28.1. The first-order valence-corrected chi connectivity index (χ1v) is 15.2. The van der Waals surface area contributed by atoms with E-state index in [4.69, 9.17) is 4.74 Å². The third-order valence-corrected chi connectivity index (χ3v) is 9.92. The average molecular weight is 564 g/mol. The van der Waals surface area contributed by atoms with Crippen LogP contribution in [0, 0.1) is 13.8 Å². The van der Waals surface area contributed by atoms with Gasteiger partial charge in [-0.1, -0.05) is 66.2 Å². The maximum atomic E-state index is 13.8. The normalized spacial score (nSPS) is 11.8. The molecule has 39 heavy (non-hydrogen) atoms. The Hall–Kier alpha value is -3.95. The molecule has 9 heteroatoms. The number of sulfonamides is 1. The van der Waals surface area contributed by atoms with Crippen molar-refractivity contribution in [2.45, 2.75) is 35.9 Å². The first-order chi connectivity index (χ1) is 18.4. The summed E-state index contributed by atoms with van der Waals surface area (Å²) in [6.45, 7) is 7.08. The van der Waals surface area contributed by atoms with E-state index in [1.807, 2.05) is 38.1 Å². The second-order valence-corrected chi connectivity index (χ2v) is 13.2. The molecule has 0 aromatic heterocycles. The molecule has 0 atom stereocenters. The third kappa shape index (κ3) is 6.05. The molecule has 0 fully saturated rings. The summed E-state index contributed by atoms with van der Waals surface area (Å²) in [6.07, 6.45) is 0. The molecule has 4 aromatic rings. The zero-order chi connectivity index (χ0) is 28.4. The van der Waals surface area contributed by atoms with Crippen molar-refractivity contribution in [3.05, 3.63) is 119 Å². The van der Waals surface area contributed by atoms with Crippen LogP contribution in [0.25, 0.3) is 10.8 Å². The molecule has 0 aliphatic rings. The number of hydrogen-bond acceptors (Lipinski definition) is 6. The van der Waals surface area contributed by atoms with Gasteiger partial charge in [0, 0.05) is 0 Å². The predicted octanol–water partition coefficient (Wildman–Crippen LogP) is 5.31. The van der Waals surface area contributed by atoms with E-state index >= 15 is 0 Å². The number of hydrogen-bond donors (Lipinski definition) is 0. The summed E-state index contributed by atoms with van der Waals surface area (Å²) in [7, 11) is -6.89. The second kappa shape index (κ2) is 11.0. The predicted molar refractivity (Wildman–Crippen MR) is 151 cm³/mol. The van der Waals surface area contributed by atoms with Crippen molar-refractivity contribution in [1.29, 1.82) is 0 Å². The van der Waals surface area contributed by atoms with Crippen LogP contribution in [0.1, 0.15) is 22.3 Å². The lowest BCUT2D eigenvalue weighted by Gasteiger charge is -2.26. The summed E-state index contributed by atoms with van der Waals surface area (Å²) in [4.78, 5) is 12.6. The number of ether oxygens (including phenoxy) is 1. The summed E-state index contributed by atoms with van der Waals surface area (Å²) in [5, 5.41) is 1.59. The van der Waals surface area contributed by atoms with Crippen LogP contribution in [0.2, 0.25) is 0 Å². The molecule has 0 N–H and O–H groups in total. The molecule has 0 heterocycles. The van der Waals surface area contributed by atoms with Gasteiger partial charge in [0.15, 0.2) is 9.84 Å². The molecule has 0 radical (unpaired) electrons. The van der Waals surface area contributed by atoms with Crippen molar-refractivity contribution < 1.29 is 26.4 Å². The van der Waals surface area contributed by atoms with Crippen LogP contribution in [-0.2, 0) is 41.7 Å². The Bertz CT molecular complexity index is 1760. The number of rotatable bonds is 9. The van der Waals surface area contributed by atoms with Crippen LogP contribution in [-0.4, -0.2) is 34.2 Å². The van der Waals surface area contributed by atoms with E-state index in [-0.39, 0.29) is 22.1 Å². The van der Waals surface area contributed by atoms with Gasteiger partial charge < -0.3 is 4.74 Å². The molecule has 4 aromatic carbocycles. The highest BCUT2D eigenvalue weighted by molar-refractivity contribution is 7.90. The number of nitrogens with zero attached hydrogens (tertiary/aromatic N) is 1. The Morgan fingerprint density at radius 2 is 1.26 bits per heavy atom. The summed E-state index contributed by atoms with van der Waals surface area (Å²) in [6, 6.07) is 23.6. The third-order valence-electron chi connectivity index (χ3n) is 6.44. The second-order valence-electron chi connectivity index (χ2n) is 9.30. The minimum atomic E-state index is -4.26. The van der Waals surface area contributed by atoms with Gasteiger partial charge in [0.2, 0.25) is 0 Å². The van der Waals surface area contributed by atoms with Crippen molar-refractivity contribution in [3.8, 4) is 0 Å². The van der Waals surface area contributed by atoms with Crippen molar-refractivity contribution in [3.63, 3.8) is 0 Å². The van der Waals surface area contributed by atoms with Gasteiger partial charge in [-0.2, -0.15) is 0 Å². The number of benzene rings is 4. The zero-order valence-corrected chi connectivity index (χ0v) is 23.6. The van der Waals surface area contributed by atoms with Crippen LogP contribution in [0.15, 0.2) is 107 Å². The molecule has 0 aliphatic heterocycles. The van der Waals surface area contributed by atoms with Gasteiger partial charge in [0.25, 0.3) is 10.0 Å². The van der Waals surface area contributed by atoms with Crippen LogP contribution < -0.4 is 0 Å². The lowest BCUT2D eigenvalue weighted by molar-refractivity contribution is -0.137. The average Bonchev–Trinajstić information content (AvgIpc) is 2.91. The molecule has 0 saturated carbocycles. The van der Waals surface area contributed by atoms with Gasteiger partial charge in [-0.05, 0) is 72.1 Å². The van der Waals surface area contributed by atoms with E-state index in [2.05, 4.69) is 6.58 Å². The summed E-state index contributed by atoms with van der Waals surface area (Å²) in [5.74, 6) is -1.28. The highest BCUT2D eigenvalue weighted by Crippen LogP contribution is 2.29. The Labute approximate surface area is 229 Å². The quantitative estimate of drug-likeness (QED) is 0.202. The summed E-state index contributed by atoms with van der Waals surface area (Å²) >= 11 is 0. The largest absolute Gasteiger partial charge is 0.464 e.